The van der Waals surface area contributed by atoms with Gasteiger partial charge in [-0.3, -0.25) is 0 Å². The van der Waals surface area contributed by atoms with Crippen LogP contribution in [0.3, 0.4) is 0 Å². The van der Waals surface area contributed by atoms with Gasteiger partial charge in [0, 0.05) is 18.8 Å². The van der Waals surface area contributed by atoms with Crippen LogP contribution >= 0.6 is 0 Å². The van der Waals surface area contributed by atoms with Gasteiger partial charge < -0.3 is 10.0 Å². The fraction of sp³-hybridized carbons (Fsp3) is 0.833. The second kappa shape index (κ2) is 6.12. The van der Waals surface area contributed by atoms with Gasteiger partial charge in [0.05, 0.1) is 6.10 Å². The Balaban J connectivity index is 1.43. The number of aliphatic hydroxyl groups excluding tert-OH is 1. The summed E-state index contributed by atoms with van der Waals surface area (Å²) in [6.07, 6.45) is 18.1. The minimum Gasteiger partial charge on any atom is -0.393 e. The molecule has 0 spiro atoms. The van der Waals surface area contributed by atoms with Crippen molar-refractivity contribution in [2.24, 2.45) is 28.6 Å². The molecule has 6 atom stereocenters. The van der Waals surface area contributed by atoms with Crippen LogP contribution in [0.4, 0.5) is 0 Å². The first kappa shape index (κ1) is 17.3. The molecule has 3 fully saturated rings. The van der Waals surface area contributed by atoms with Gasteiger partial charge in [-0.2, -0.15) is 0 Å². The second-order valence-electron chi connectivity index (χ2n) is 10.5. The van der Waals surface area contributed by atoms with Crippen molar-refractivity contribution in [2.45, 2.75) is 84.2 Å². The van der Waals surface area contributed by atoms with Gasteiger partial charge in [-0.05, 0) is 104 Å². The van der Waals surface area contributed by atoms with Crippen LogP contribution in [0.25, 0.3) is 0 Å². The van der Waals surface area contributed by atoms with Crippen molar-refractivity contribution in [2.75, 3.05) is 13.1 Å². The van der Waals surface area contributed by atoms with Gasteiger partial charge in [-0.1, -0.05) is 19.9 Å². The zero-order valence-corrected chi connectivity index (χ0v) is 16.8. The average molecular weight is 356 g/mol. The Morgan fingerprint density at radius 3 is 2.62 bits per heavy atom. The maximum absolute atomic E-state index is 10.6. The topological polar surface area (TPSA) is 23.5 Å². The zero-order chi connectivity index (χ0) is 17.9. The van der Waals surface area contributed by atoms with Gasteiger partial charge in [0.1, 0.15) is 0 Å². The molecule has 144 valence electrons. The summed E-state index contributed by atoms with van der Waals surface area (Å²) in [5, 5.41) is 10.6. The van der Waals surface area contributed by atoms with E-state index in [0.29, 0.717) is 5.41 Å². The molecule has 0 aromatic heterocycles. The predicted molar refractivity (Wildman–Crippen MR) is 107 cm³/mol. The SMILES string of the molecule is C[C@]12CCC(N3CCCCC3)=CC1=CC[C@@H]1[C@@H]2CC[C@]2(C)C(O)CC[C@@H]12. The van der Waals surface area contributed by atoms with E-state index in [4.69, 9.17) is 0 Å². The summed E-state index contributed by atoms with van der Waals surface area (Å²) in [6, 6.07) is 0. The molecule has 1 N–H and O–H groups in total. The molecule has 4 aliphatic carbocycles. The molecule has 1 saturated heterocycles. The summed E-state index contributed by atoms with van der Waals surface area (Å²) in [4.78, 5) is 2.68. The first-order valence-corrected chi connectivity index (χ1v) is 11.4. The molecular weight excluding hydrogens is 318 g/mol. The molecule has 0 aromatic rings. The van der Waals surface area contributed by atoms with Crippen LogP contribution in [0, 0.1) is 28.6 Å². The molecule has 1 heterocycles. The molecule has 0 aromatic carbocycles. The lowest BCUT2D eigenvalue weighted by Gasteiger charge is -2.57. The first-order valence-electron chi connectivity index (χ1n) is 11.4. The van der Waals surface area contributed by atoms with Crippen LogP contribution < -0.4 is 0 Å². The number of allylic oxidation sites excluding steroid dienone is 4. The van der Waals surface area contributed by atoms with Crippen LogP contribution in [-0.2, 0) is 0 Å². The van der Waals surface area contributed by atoms with Gasteiger partial charge in [0.25, 0.3) is 0 Å². The molecule has 0 amide bonds. The van der Waals surface area contributed by atoms with E-state index >= 15 is 0 Å². The largest absolute Gasteiger partial charge is 0.393 e. The maximum Gasteiger partial charge on any atom is 0.0596 e. The second-order valence-corrected chi connectivity index (χ2v) is 10.5. The van der Waals surface area contributed by atoms with E-state index in [1.54, 1.807) is 11.3 Å². The van der Waals surface area contributed by atoms with Crippen molar-refractivity contribution < 1.29 is 5.11 Å². The minimum atomic E-state index is -0.0522. The van der Waals surface area contributed by atoms with Gasteiger partial charge in [-0.25, -0.2) is 0 Å². The van der Waals surface area contributed by atoms with Gasteiger partial charge in [-0.15, -0.1) is 0 Å². The first-order chi connectivity index (χ1) is 12.5. The molecule has 2 saturated carbocycles. The molecule has 5 aliphatic rings. The number of piperidine rings is 1. The Morgan fingerprint density at radius 1 is 1.00 bits per heavy atom. The third-order valence-electron chi connectivity index (χ3n) is 9.46. The standard InChI is InChI=1S/C24H37NO/c1-23-12-10-18(25-14-4-3-5-15-25)16-17(23)6-7-19-20-8-9-22(26)24(20,2)13-11-21(19)23/h6,16,19-22,26H,3-5,7-15H2,1-2H3/t19-,20-,21-,22?,23-,24-/m0/s1. The summed E-state index contributed by atoms with van der Waals surface area (Å²) in [5.74, 6) is 2.40. The number of hydrogen-bond acceptors (Lipinski definition) is 2. The third-order valence-corrected chi connectivity index (χ3v) is 9.46. The third kappa shape index (κ3) is 2.40. The van der Waals surface area contributed by atoms with Crippen LogP contribution in [0.15, 0.2) is 23.4 Å². The number of rotatable bonds is 1. The minimum absolute atomic E-state index is 0.0522. The van der Waals surface area contributed by atoms with E-state index in [0.717, 1.165) is 24.2 Å². The Bertz CT molecular complexity index is 630. The molecule has 0 bridgehead atoms. The van der Waals surface area contributed by atoms with Crippen LogP contribution in [0.5, 0.6) is 0 Å². The van der Waals surface area contributed by atoms with Gasteiger partial charge >= 0.3 is 0 Å². The summed E-state index contributed by atoms with van der Waals surface area (Å²) >= 11 is 0. The number of likely N-dealkylation sites (tertiary alicyclic amines) is 1. The van der Waals surface area contributed by atoms with Crippen molar-refractivity contribution in [3.05, 3.63) is 23.4 Å². The molecule has 2 heteroatoms. The monoisotopic (exact) mass is 355 g/mol. The lowest BCUT2D eigenvalue weighted by molar-refractivity contribution is -0.0630. The Morgan fingerprint density at radius 2 is 1.81 bits per heavy atom. The van der Waals surface area contributed by atoms with Crippen molar-refractivity contribution in [3.8, 4) is 0 Å². The smallest absolute Gasteiger partial charge is 0.0596 e. The molecule has 26 heavy (non-hydrogen) atoms. The Hall–Kier alpha value is -0.760. The van der Waals surface area contributed by atoms with E-state index in [2.05, 4.69) is 30.9 Å². The molecule has 1 unspecified atom stereocenters. The van der Waals surface area contributed by atoms with Gasteiger partial charge in [0.2, 0.25) is 0 Å². The average Bonchev–Trinajstić information content (AvgIpc) is 2.97. The van der Waals surface area contributed by atoms with E-state index in [-0.39, 0.29) is 11.5 Å². The highest BCUT2D eigenvalue weighted by molar-refractivity contribution is 5.37. The van der Waals surface area contributed by atoms with E-state index < -0.39 is 0 Å². The van der Waals surface area contributed by atoms with Gasteiger partial charge in [0.15, 0.2) is 0 Å². The summed E-state index contributed by atoms with van der Waals surface area (Å²) < 4.78 is 0. The summed E-state index contributed by atoms with van der Waals surface area (Å²) in [7, 11) is 0. The van der Waals surface area contributed by atoms with Crippen LogP contribution in [-0.4, -0.2) is 29.2 Å². The highest BCUT2D eigenvalue weighted by atomic mass is 16.3. The molecule has 0 radical (unpaired) electrons. The van der Waals surface area contributed by atoms with E-state index in [1.807, 2.05) is 0 Å². The van der Waals surface area contributed by atoms with E-state index in [9.17, 15) is 5.11 Å². The Kier molecular flexibility index (Phi) is 4.09. The maximum atomic E-state index is 10.6. The number of nitrogens with zero attached hydrogens (tertiary/aromatic N) is 1. The zero-order valence-electron chi connectivity index (χ0n) is 16.8. The van der Waals surface area contributed by atoms with Crippen molar-refractivity contribution in [1.82, 2.24) is 4.90 Å². The fourth-order valence-corrected chi connectivity index (χ4v) is 7.71. The normalized spacial score (nSPS) is 48.2. The predicted octanol–water partition coefficient (Wildman–Crippen LogP) is 5.29. The van der Waals surface area contributed by atoms with Crippen molar-refractivity contribution in [3.63, 3.8) is 0 Å². The number of aliphatic hydroxyl groups is 1. The van der Waals surface area contributed by atoms with E-state index in [1.165, 1.54) is 70.9 Å². The van der Waals surface area contributed by atoms with Crippen LogP contribution in [0.1, 0.15) is 78.1 Å². The van der Waals surface area contributed by atoms with Crippen LogP contribution in [0.2, 0.25) is 0 Å². The lowest BCUT2D eigenvalue weighted by Crippen LogP contribution is -2.50. The quantitative estimate of drug-likeness (QED) is 0.691. The molecule has 2 nitrogen and oxygen atoms in total. The lowest BCUT2D eigenvalue weighted by atomic mass is 9.48. The number of hydrogen-bond donors (Lipinski definition) is 1. The number of fused-ring (bicyclic) bond motifs is 5. The summed E-state index contributed by atoms with van der Waals surface area (Å²) in [6.45, 7) is 7.52. The molecular formula is C24H37NO. The summed E-state index contributed by atoms with van der Waals surface area (Å²) in [5.41, 5.74) is 3.88. The molecule has 1 aliphatic heterocycles. The highest BCUT2D eigenvalue weighted by Gasteiger charge is 2.58. The van der Waals surface area contributed by atoms with Crippen molar-refractivity contribution in [1.29, 1.82) is 0 Å². The van der Waals surface area contributed by atoms with Crippen molar-refractivity contribution >= 4 is 0 Å². The fourth-order valence-electron chi connectivity index (χ4n) is 7.71. The Labute approximate surface area is 159 Å². The highest BCUT2D eigenvalue weighted by Crippen LogP contribution is 2.64. The molecule has 5 rings (SSSR count).